The van der Waals surface area contributed by atoms with Crippen LogP contribution in [0.25, 0.3) is 0 Å². The molecule has 2 aromatic carbocycles. The van der Waals surface area contributed by atoms with Gasteiger partial charge in [-0.2, -0.15) is 0 Å². The largest absolute Gasteiger partial charge is 0.508 e. The molecule has 0 fully saturated rings. The molecule has 0 saturated heterocycles. The fourth-order valence-corrected chi connectivity index (χ4v) is 1.77. The maximum Gasteiger partial charge on any atom is 0.255 e. The lowest BCUT2D eigenvalue weighted by Crippen LogP contribution is -2.13. The third-order valence-electron chi connectivity index (χ3n) is 2.88. The first-order valence-electron chi connectivity index (χ1n) is 5.84. The molecule has 0 aliphatic carbocycles. The Labute approximate surface area is 110 Å². The van der Waals surface area contributed by atoms with Crippen LogP contribution in [-0.2, 0) is 0 Å². The molecule has 0 spiro atoms. The van der Waals surface area contributed by atoms with E-state index in [9.17, 15) is 14.3 Å². The molecule has 2 N–H and O–H groups in total. The highest BCUT2D eigenvalue weighted by molar-refractivity contribution is 6.04. The van der Waals surface area contributed by atoms with Gasteiger partial charge in [-0.25, -0.2) is 4.39 Å². The van der Waals surface area contributed by atoms with Gasteiger partial charge in [-0.1, -0.05) is 0 Å². The fourth-order valence-electron chi connectivity index (χ4n) is 1.77. The van der Waals surface area contributed by atoms with Crippen molar-refractivity contribution in [2.75, 3.05) is 5.32 Å². The van der Waals surface area contributed by atoms with E-state index in [0.29, 0.717) is 16.8 Å². The van der Waals surface area contributed by atoms with E-state index in [0.717, 1.165) is 5.56 Å². The first kappa shape index (κ1) is 13.1. The Bertz CT molecular complexity index is 638. The van der Waals surface area contributed by atoms with E-state index in [4.69, 9.17) is 0 Å². The van der Waals surface area contributed by atoms with E-state index in [1.807, 2.05) is 0 Å². The monoisotopic (exact) mass is 259 g/mol. The molecule has 0 atom stereocenters. The number of halogens is 1. The number of aromatic hydroxyl groups is 1. The Morgan fingerprint density at radius 1 is 1.11 bits per heavy atom. The lowest BCUT2D eigenvalue weighted by Gasteiger charge is -2.09. The number of aryl methyl sites for hydroxylation is 2. The molecule has 2 aromatic rings. The van der Waals surface area contributed by atoms with Crippen molar-refractivity contribution in [3.8, 4) is 5.75 Å². The molecular weight excluding hydrogens is 245 g/mol. The molecule has 0 saturated carbocycles. The van der Waals surface area contributed by atoms with Crippen LogP contribution in [0.5, 0.6) is 5.75 Å². The molecule has 3 nitrogen and oxygen atoms in total. The molecule has 0 aliphatic heterocycles. The van der Waals surface area contributed by atoms with Gasteiger partial charge in [-0.05, 0) is 61.4 Å². The van der Waals surface area contributed by atoms with Crippen molar-refractivity contribution in [1.82, 2.24) is 0 Å². The summed E-state index contributed by atoms with van der Waals surface area (Å²) in [6, 6.07) is 8.89. The highest BCUT2D eigenvalue weighted by atomic mass is 19.1. The van der Waals surface area contributed by atoms with Crippen LogP contribution >= 0.6 is 0 Å². The number of hydrogen-bond acceptors (Lipinski definition) is 2. The number of carbonyl (C=O) groups is 1. The molecule has 2 rings (SSSR count). The van der Waals surface area contributed by atoms with Crippen LogP contribution in [0.2, 0.25) is 0 Å². The Kier molecular flexibility index (Phi) is 3.51. The zero-order valence-electron chi connectivity index (χ0n) is 10.7. The van der Waals surface area contributed by atoms with Crippen LogP contribution in [0, 0.1) is 19.7 Å². The molecule has 1 amide bonds. The van der Waals surface area contributed by atoms with Crippen molar-refractivity contribution in [1.29, 1.82) is 0 Å². The number of phenolic OH excluding ortho intramolecular Hbond substituents is 1. The van der Waals surface area contributed by atoms with Gasteiger partial charge in [-0.3, -0.25) is 4.79 Å². The summed E-state index contributed by atoms with van der Waals surface area (Å²) in [5, 5.41) is 12.0. The van der Waals surface area contributed by atoms with Gasteiger partial charge >= 0.3 is 0 Å². The molecule has 19 heavy (non-hydrogen) atoms. The van der Waals surface area contributed by atoms with Gasteiger partial charge in [0.05, 0.1) is 0 Å². The number of hydrogen-bond donors (Lipinski definition) is 2. The van der Waals surface area contributed by atoms with E-state index in [-0.39, 0.29) is 17.5 Å². The van der Waals surface area contributed by atoms with E-state index in [1.165, 1.54) is 24.3 Å². The average molecular weight is 259 g/mol. The molecule has 0 heterocycles. The maximum atomic E-state index is 13.1. The van der Waals surface area contributed by atoms with Crippen molar-refractivity contribution in [2.24, 2.45) is 0 Å². The summed E-state index contributed by atoms with van der Waals surface area (Å²) in [5.41, 5.74) is 2.19. The SMILES string of the molecule is Cc1cc(C(=O)Nc2ccc(O)cc2C)ccc1F. The number of benzene rings is 2. The highest BCUT2D eigenvalue weighted by Gasteiger charge is 2.09. The molecule has 0 bridgehead atoms. The fraction of sp³-hybridized carbons (Fsp3) is 0.133. The van der Waals surface area contributed by atoms with E-state index >= 15 is 0 Å². The normalized spacial score (nSPS) is 10.3. The summed E-state index contributed by atoms with van der Waals surface area (Å²) in [6.07, 6.45) is 0. The minimum absolute atomic E-state index is 0.146. The van der Waals surface area contributed by atoms with E-state index in [2.05, 4.69) is 5.32 Å². The van der Waals surface area contributed by atoms with Gasteiger partial charge in [0, 0.05) is 11.3 Å². The number of rotatable bonds is 2. The van der Waals surface area contributed by atoms with Gasteiger partial charge in [0.25, 0.3) is 5.91 Å². The second kappa shape index (κ2) is 5.10. The van der Waals surface area contributed by atoms with Crippen molar-refractivity contribution in [2.45, 2.75) is 13.8 Å². The molecule has 98 valence electrons. The number of anilines is 1. The number of phenols is 1. The average Bonchev–Trinajstić information content (AvgIpc) is 2.36. The van der Waals surface area contributed by atoms with Crippen molar-refractivity contribution >= 4 is 11.6 Å². The lowest BCUT2D eigenvalue weighted by atomic mass is 10.1. The smallest absolute Gasteiger partial charge is 0.255 e. The molecule has 4 heteroatoms. The standard InChI is InChI=1S/C15H14FNO2/c1-9-7-11(3-5-13(9)16)15(19)17-14-6-4-12(18)8-10(14)2/h3-8,18H,1-2H3,(H,17,19). The second-order valence-electron chi connectivity index (χ2n) is 4.42. The molecule has 0 radical (unpaired) electrons. The summed E-state index contributed by atoms with van der Waals surface area (Å²) < 4.78 is 13.1. The Morgan fingerprint density at radius 3 is 2.47 bits per heavy atom. The minimum Gasteiger partial charge on any atom is -0.508 e. The second-order valence-corrected chi connectivity index (χ2v) is 4.42. The third-order valence-corrected chi connectivity index (χ3v) is 2.88. The van der Waals surface area contributed by atoms with Gasteiger partial charge in [0.1, 0.15) is 11.6 Å². The predicted octanol–water partition coefficient (Wildman–Crippen LogP) is 3.40. The van der Waals surface area contributed by atoms with Crippen molar-refractivity contribution < 1.29 is 14.3 Å². The van der Waals surface area contributed by atoms with Gasteiger partial charge in [0.15, 0.2) is 0 Å². The Balaban J connectivity index is 2.23. The van der Waals surface area contributed by atoms with E-state index in [1.54, 1.807) is 26.0 Å². The molecule has 0 unspecified atom stereocenters. The number of nitrogens with one attached hydrogen (secondary N) is 1. The van der Waals surface area contributed by atoms with Crippen LogP contribution in [-0.4, -0.2) is 11.0 Å². The van der Waals surface area contributed by atoms with Gasteiger partial charge < -0.3 is 10.4 Å². The highest BCUT2D eigenvalue weighted by Crippen LogP contribution is 2.21. The summed E-state index contributed by atoms with van der Waals surface area (Å²) >= 11 is 0. The maximum absolute atomic E-state index is 13.1. The van der Waals surface area contributed by atoms with Crippen LogP contribution < -0.4 is 5.32 Å². The topological polar surface area (TPSA) is 49.3 Å². The lowest BCUT2D eigenvalue weighted by molar-refractivity contribution is 0.102. The predicted molar refractivity (Wildman–Crippen MR) is 71.9 cm³/mol. The quantitative estimate of drug-likeness (QED) is 0.812. The van der Waals surface area contributed by atoms with Crippen LogP contribution in [0.15, 0.2) is 36.4 Å². The zero-order chi connectivity index (χ0) is 14.0. The summed E-state index contributed by atoms with van der Waals surface area (Å²) in [4.78, 5) is 12.0. The molecular formula is C15H14FNO2. The first-order chi connectivity index (χ1) is 8.97. The minimum atomic E-state index is -0.336. The third kappa shape index (κ3) is 2.91. The summed E-state index contributed by atoms with van der Waals surface area (Å²) in [7, 11) is 0. The van der Waals surface area contributed by atoms with Crippen molar-refractivity contribution in [3.05, 3.63) is 58.9 Å². The van der Waals surface area contributed by atoms with Crippen molar-refractivity contribution in [3.63, 3.8) is 0 Å². The first-order valence-corrected chi connectivity index (χ1v) is 5.84. The summed E-state index contributed by atoms with van der Waals surface area (Å²) in [5.74, 6) is -0.498. The van der Waals surface area contributed by atoms with Crippen LogP contribution in [0.3, 0.4) is 0 Å². The number of amides is 1. The molecule has 0 aromatic heterocycles. The molecule has 0 aliphatic rings. The Hall–Kier alpha value is -2.36. The zero-order valence-corrected chi connectivity index (χ0v) is 10.7. The van der Waals surface area contributed by atoms with Crippen LogP contribution in [0.4, 0.5) is 10.1 Å². The van der Waals surface area contributed by atoms with Gasteiger partial charge in [0.2, 0.25) is 0 Å². The summed E-state index contributed by atoms with van der Waals surface area (Å²) in [6.45, 7) is 3.39. The number of carbonyl (C=O) groups excluding carboxylic acids is 1. The van der Waals surface area contributed by atoms with Gasteiger partial charge in [-0.15, -0.1) is 0 Å². The Morgan fingerprint density at radius 2 is 1.84 bits per heavy atom. The van der Waals surface area contributed by atoms with E-state index < -0.39 is 0 Å². The van der Waals surface area contributed by atoms with Crippen LogP contribution in [0.1, 0.15) is 21.5 Å².